The molecule has 1 aliphatic heterocycles. The highest BCUT2D eigenvalue weighted by molar-refractivity contribution is 5.94. The number of anilines is 2. The molecular formula is C16H20N6O2. The van der Waals surface area contributed by atoms with Gasteiger partial charge in [0.15, 0.2) is 5.82 Å². The molecule has 0 saturated carbocycles. The number of fused-ring (bicyclic) bond motifs is 1. The highest BCUT2D eigenvalue weighted by Crippen LogP contribution is 2.26. The lowest BCUT2D eigenvalue weighted by molar-refractivity contribution is -0.119. The molecule has 8 heteroatoms. The maximum absolute atomic E-state index is 12.6. The lowest BCUT2D eigenvalue weighted by atomic mass is 10.0. The van der Waals surface area contributed by atoms with Crippen LogP contribution in [0.3, 0.4) is 0 Å². The summed E-state index contributed by atoms with van der Waals surface area (Å²) >= 11 is 0. The van der Waals surface area contributed by atoms with E-state index >= 15 is 0 Å². The van der Waals surface area contributed by atoms with Crippen LogP contribution in [0, 0.1) is 0 Å². The van der Waals surface area contributed by atoms with E-state index in [-0.39, 0.29) is 18.5 Å². The molecule has 0 bridgehead atoms. The van der Waals surface area contributed by atoms with Gasteiger partial charge in [-0.1, -0.05) is 18.2 Å². The van der Waals surface area contributed by atoms with Gasteiger partial charge in [0.25, 0.3) is 5.91 Å². The molecule has 0 unspecified atom stereocenters. The molecule has 3 rings (SSSR count). The molecule has 8 nitrogen and oxygen atoms in total. The molecule has 0 saturated heterocycles. The van der Waals surface area contributed by atoms with Gasteiger partial charge >= 0.3 is 6.03 Å². The molecule has 1 aliphatic rings. The van der Waals surface area contributed by atoms with E-state index in [1.165, 1.54) is 21.5 Å². The first-order valence-electron chi connectivity index (χ1n) is 7.81. The van der Waals surface area contributed by atoms with Crippen LogP contribution in [-0.4, -0.2) is 52.5 Å². The number of amides is 3. The molecule has 1 aromatic carbocycles. The van der Waals surface area contributed by atoms with Gasteiger partial charge in [0, 0.05) is 26.3 Å². The molecular weight excluding hydrogens is 308 g/mol. The Morgan fingerprint density at radius 1 is 1.29 bits per heavy atom. The molecule has 0 aliphatic carbocycles. The van der Waals surface area contributed by atoms with Crippen LogP contribution in [0.25, 0.3) is 0 Å². The normalized spacial score (nSPS) is 13.3. The smallest absolute Gasteiger partial charge is 0.322 e. The number of para-hydroxylation sites is 1. The summed E-state index contributed by atoms with van der Waals surface area (Å²) in [5.41, 5.74) is 2.14. The molecule has 2 heterocycles. The molecule has 1 aromatic heterocycles. The molecule has 0 spiro atoms. The van der Waals surface area contributed by atoms with Crippen molar-refractivity contribution in [2.75, 3.05) is 30.9 Å². The fourth-order valence-corrected chi connectivity index (χ4v) is 2.65. The van der Waals surface area contributed by atoms with Gasteiger partial charge < -0.3 is 9.80 Å². The summed E-state index contributed by atoms with van der Waals surface area (Å²) in [5, 5.41) is 10.8. The van der Waals surface area contributed by atoms with E-state index in [2.05, 4.69) is 21.6 Å². The second kappa shape index (κ2) is 6.69. The second-order valence-corrected chi connectivity index (χ2v) is 5.86. The van der Waals surface area contributed by atoms with Crippen molar-refractivity contribution < 1.29 is 9.59 Å². The van der Waals surface area contributed by atoms with Gasteiger partial charge in [-0.15, -0.1) is 5.10 Å². The molecule has 0 radical (unpaired) electrons. The number of benzene rings is 1. The van der Waals surface area contributed by atoms with Crippen LogP contribution in [0.15, 0.2) is 30.5 Å². The van der Waals surface area contributed by atoms with Crippen LogP contribution >= 0.6 is 0 Å². The number of nitrogens with zero attached hydrogens (tertiary/aromatic N) is 5. The van der Waals surface area contributed by atoms with Gasteiger partial charge in [-0.05, 0) is 24.5 Å². The molecule has 3 amide bonds. The largest absolute Gasteiger partial charge is 0.331 e. The maximum atomic E-state index is 12.6. The first-order valence-corrected chi connectivity index (χ1v) is 7.81. The Morgan fingerprint density at radius 2 is 2.08 bits per heavy atom. The monoisotopic (exact) mass is 328 g/mol. The highest BCUT2D eigenvalue weighted by Gasteiger charge is 2.22. The predicted molar refractivity (Wildman–Crippen MR) is 89.8 cm³/mol. The van der Waals surface area contributed by atoms with E-state index < -0.39 is 0 Å². The van der Waals surface area contributed by atoms with Crippen molar-refractivity contribution in [3.05, 3.63) is 36.0 Å². The summed E-state index contributed by atoms with van der Waals surface area (Å²) in [6.07, 6.45) is 3.36. The number of carbonyl (C=O) groups is 2. The molecule has 126 valence electrons. The first kappa shape index (κ1) is 16.0. The van der Waals surface area contributed by atoms with Crippen LogP contribution in [0.5, 0.6) is 0 Å². The Balaban J connectivity index is 1.68. The molecule has 24 heavy (non-hydrogen) atoms. The van der Waals surface area contributed by atoms with Gasteiger partial charge in [0.05, 0.1) is 6.20 Å². The van der Waals surface area contributed by atoms with Crippen molar-refractivity contribution in [1.29, 1.82) is 0 Å². The zero-order valence-electron chi connectivity index (χ0n) is 13.8. The summed E-state index contributed by atoms with van der Waals surface area (Å²) in [5.74, 6) is 0.254. The minimum Gasteiger partial charge on any atom is -0.331 e. The van der Waals surface area contributed by atoms with E-state index in [1.54, 1.807) is 19.0 Å². The summed E-state index contributed by atoms with van der Waals surface area (Å²) in [4.78, 5) is 28.7. The Hall–Kier alpha value is -2.90. The van der Waals surface area contributed by atoms with Crippen molar-refractivity contribution >= 4 is 23.4 Å². The summed E-state index contributed by atoms with van der Waals surface area (Å²) in [7, 11) is 3.27. The molecule has 1 N–H and O–H groups in total. The van der Waals surface area contributed by atoms with Crippen molar-refractivity contribution in [2.45, 2.75) is 19.4 Å². The van der Waals surface area contributed by atoms with Crippen molar-refractivity contribution in [1.82, 2.24) is 19.9 Å². The van der Waals surface area contributed by atoms with Gasteiger partial charge in [-0.2, -0.15) is 9.90 Å². The molecule has 0 fully saturated rings. The van der Waals surface area contributed by atoms with Crippen molar-refractivity contribution in [2.24, 2.45) is 0 Å². The zero-order valence-corrected chi connectivity index (χ0v) is 13.8. The van der Waals surface area contributed by atoms with Crippen LogP contribution < -0.4 is 10.2 Å². The Kier molecular flexibility index (Phi) is 4.45. The number of rotatable bonds is 3. The fourth-order valence-electron chi connectivity index (χ4n) is 2.65. The quantitative estimate of drug-likeness (QED) is 0.922. The van der Waals surface area contributed by atoms with E-state index in [0.717, 1.165) is 18.5 Å². The number of aryl methyl sites for hydroxylation is 1. The van der Waals surface area contributed by atoms with Crippen LogP contribution in [0.1, 0.15) is 12.0 Å². The average molecular weight is 328 g/mol. The third-order valence-electron chi connectivity index (χ3n) is 3.87. The van der Waals surface area contributed by atoms with Crippen LogP contribution in [0.2, 0.25) is 0 Å². The minimum absolute atomic E-state index is 0.0339. The minimum atomic E-state index is -0.293. The molecule has 0 atom stereocenters. The Labute approximate surface area is 140 Å². The topological polar surface area (TPSA) is 83.4 Å². The number of aromatic nitrogens is 3. The average Bonchev–Trinajstić information content (AvgIpc) is 3.01. The van der Waals surface area contributed by atoms with E-state index in [0.29, 0.717) is 12.4 Å². The Bertz CT molecular complexity index is 755. The van der Waals surface area contributed by atoms with Gasteiger partial charge in [0.1, 0.15) is 6.54 Å². The third kappa shape index (κ3) is 3.37. The van der Waals surface area contributed by atoms with E-state index in [1.807, 2.05) is 18.2 Å². The summed E-state index contributed by atoms with van der Waals surface area (Å²) in [6.45, 7) is 0.730. The van der Waals surface area contributed by atoms with E-state index in [4.69, 9.17) is 0 Å². The number of hydrogen-bond donors (Lipinski definition) is 1. The summed E-state index contributed by atoms with van der Waals surface area (Å²) < 4.78 is 0. The van der Waals surface area contributed by atoms with Crippen LogP contribution in [0.4, 0.5) is 16.3 Å². The SMILES string of the molecule is CN(C)C(=O)Nc1cnn(CC(=O)N2CCCc3ccccc32)n1. The third-order valence-corrected chi connectivity index (χ3v) is 3.87. The van der Waals surface area contributed by atoms with Crippen molar-refractivity contribution in [3.8, 4) is 0 Å². The number of carbonyl (C=O) groups excluding carboxylic acids is 2. The Morgan fingerprint density at radius 3 is 2.88 bits per heavy atom. The first-order chi connectivity index (χ1) is 11.5. The second-order valence-electron chi connectivity index (χ2n) is 5.86. The number of nitrogens with one attached hydrogen (secondary N) is 1. The molecule has 2 aromatic rings. The van der Waals surface area contributed by atoms with Gasteiger partial charge in [-0.3, -0.25) is 10.1 Å². The van der Waals surface area contributed by atoms with Gasteiger partial charge in [-0.25, -0.2) is 4.79 Å². The maximum Gasteiger partial charge on any atom is 0.322 e. The van der Waals surface area contributed by atoms with Crippen molar-refractivity contribution in [3.63, 3.8) is 0 Å². The lowest BCUT2D eigenvalue weighted by Gasteiger charge is -2.29. The van der Waals surface area contributed by atoms with Crippen LogP contribution in [-0.2, 0) is 17.8 Å². The fraction of sp³-hybridized carbons (Fsp3) is 0.375. The van der Waals surface area contributed by atoms with E-state index in [9.17, 15) is 9.59 Å². The lowest BCUT2D eigenvalue weighted by Crippen LogP contribution is -2.38. The predicted octanol–water partition coefficient (Wildman–Crippen LogP) is 1.35. The standard InChI is InChI=1S/C16H20N6O2/c1-20(2)16(24)18-14-10-17-22(19-14)11-15(23)21-9-5-7-12-6-3-4-8-13(12)21/h3-4,6,8,10H,5,7,9,11H2,1-2H3,(H,18,19,24). The zero-order chi connectivity index (χ0) is 17.1. The number of urea groups is 1. The highest BCUT2D eigenvalue weighted by atomic mass is 16.2. The summed E-state index contributed by atoms with van der Waals surface area (Å²) in [6, 6.07) is 7.65. The number of hydrogen-bond acceptors (Lipinski definition) is 4. The van der Waals surface area contributed by atoms with Gasteiger partial charge in [0.2, 0.25) is 0 Å².